The molecule has 0 spiro atoms. The Balaban J connectivity index is 2.71. The van der Waals surface area contributed by atoms with Gasteiger partial charge in [0.05, 0.1) is 0 Å². The van der Waals surface area contributed by atoms with Crippen LogP contribution in [0.3, 0.4) is 0 Å². The summed E-state index contributed by atoms with van der Waals surface area (Å²) in [5.74, 6) is 1.05. The first-order valence-corrected chi connectivity index (χ1v) is 9.19. The third-order valence-electron chi connectivity index (χ3n) is 3.64. The fourth-order valence-corrected chi connectivity index (χ4v) is 3.83. The summed E-state index contributed by atoms with van der Waals surface area (Å²) in [5.41, 5.74) is 0. The van der Waals surface area contributed by atoms with Crippen LogP contribution in [0.25, 0.3) is 0 Å². The third-order valence-corrected chi connectivity index (χ3v) is 5.68. The van der Waals surface area contributed by atoms with Crippen molar-refractivity contribution in [3.8, 4) is 0 Å². The average Bonchev–Trinajstić information content (AvgIpc) is 2.38. The summed E-state index contributed by atoms with van der Waals surface area (Å²) in [6.07, 6.45) is 1.84. The first kappa shape index (κ1) is 17.9. The van der Waals surface area contributed by atoms with Gasteiger partial charge in [0.2, 0.25) is 0 Å². The quantitative estimate of drug-likeness (QED) is 0.740. The maximum absolute atomic E-state index is 12.7. The van der Waals surface area contributed by atoms with Gasteiger partial charge in [0.25, 0.3) is 10.2 Å². The second-order valence-electron chi connectivity index (χ2n) is 6.42. The van der Waals surface area contributed by atoms with Gasteiger partial charge in [-0.3, -0.25) is 0 Å². The zero-order valence-corrected chi connectivity index (χ0v) is 14.2. The van der Waals surface area contributed by atoms with Crippen molar-refractivity contribution in [2.75, 3.05) is 39.3 Å². The fourth-order valence-electron chi connectivity index (χ4n) is 2.19. The molecule has 6 heteroatoms. The van der Waals surface area contributed by atoms with Gasteiger partial charge < -0.3 is 5.32 Å². The van der Waals surface area contributed by atoms with Crippen LogP contribution >= 0.6 is 0 Å². The number of nitrogens with one attached hydrogen (secondary N) is 1. The van der Waals surface area contributed by atoms with Crippen LogP contribution in [0.5, 0.6) is 0 Å². The van der Waals surface area contributed by atoms with E-state index in [2.05, 4.69) is 33.0 Å². The predicted molar refractivity (Wildman–Crippen MR) is 83.8 cm³/mol. The van der Waals surface area contributed by atoms with Gasteiger partial charge in [-0.25, -0.2) is 0 Å². The van der Waals surface area contributed by atoms with Crippen LogP contribution in [0, 0.1) is 11.8 Å². The molecule has 1 aliphatic heterocycles. The van der Waals surface area contributed by atoms with Crippen molar-refractivity contribution in [1.82, 2.24) is 13.9 Å². The minimum atomic E-state index is -3.29. The summed E-state index contributed by atoms with van der Waals surface area (Å²) in [5, 5.41) is 3.20. The van der Waals surface area contributed by atoms with Gasteiger partial charge in [-0.05, 0) is 24.7 Å². The molecule has 5 nitrogen and oxygen atoms in total. The van der Waals surface area contributed by atoms with E-state index in [9.17, 15) is 8.42 Å². The highest BCUT2D eigenvalue weighted by molar-refractivity contribution is 7.86. The average molecular weight is 305 g/mol. The number of nitrogens with zero attached hydrogens (tertiary/aromatic N) is 2. The van der Waals surface area contributed by atoms with E-state index < -0.39 is 10.2 Å². The lowest BCUT2D eigenvalue weighted by atomic mass is 10.1. The molecule has 0 aromatic heterocycles. The number of rotatable bonds is 8. The van der Waals surface area contributed by atoms with E-state index in [4.69, 9.17) is 0 Å². The van der Waals surface area contributed by atoms with Crippen molar-refractivity contribution in [1.29, 1.82) is 0 Å². The van der Waals surface area contributed by atoms with Gasteiger partial charge in [0, 0.05) is 39.3 Å². The molecule has 1 aliphatic rings. The van der Waals surface area contributed by atoms with Gasteiger partial charge in [0.1, 0.15) is 0 Å². The van der Waals surface area contributed by atoms with E-state index in [1.54, 1.807) is 8.61 Å². The van der Waals surface area contributed by atoms with Crippen molar-refractivity contribution < 1.29 is 8.42 Å². The standard InChI is InChI=1S/C14H31N3O2S/c1-13(2)5-9-16(10-6-14(3)4)20(18,19)17-11-7-15-8-12-17/h13-15H,5-12H2,1-4H3. The van der Waals surface area contributed by atoms with Crippen LogP contribution in [-0.2, 0) is 10.2 Å². The molecule has 0 radical (unpaired) electrons. The summed E-state index contributed by atoms with van der Waals surface area (Å²) in [6.45, 7) is 12.5. The minimum Gasteiger partial charge on any atom is -0.314 e. The summed E-state index contributed by atoms with van der Waals surface area (Å²) in [6, 6.07) is 0. The zero-order chi connectivity index (χ0) is 15.2. The summed E-state index contributed by atoms with van der Waals surface area (Å²) >= 11 is 0. The topological polar surface area (TPSA) is 52.7 Å². The summed E-state index contributed by atoms with van der Waals surface area (Å²) in [7, 11) is -3.29. The molecule has 1 fully saturated rings. The maximum Gasteiger partial charge on any atom is 0.282 e. The largest absolute Gasteiger partial charge is 0.314 e. The molecule has 0 saturated carbocycles. The van der Waals surface area contributed by atoms with Crippen LogP contribution in [0.2, 0.25) is 0 Å². The lowest BCUT2D eigenvalue weighted by Crippen LogP contribution is -2.52. The Morgan fingerprint density at radius 1 is 1.00 bits per heavy atom. The molecule has 0 unspecified atom stereocenters. The monoisotopic (exact) mass is 305 g/mol. The first-order valence-electron chi connectivity index (χ1n) is 7.80. The summed E-state index contributed by atoms with van der Waals surface area (Å²) in [4.78, 5) is 0. The molecular formula is C14H31N3O2S. The van der Waals surface area contributed by atoms with Crippen molar-refractivity contribution >= 4 is 10.2 Å². The molecule has 0 aromatic rings. The van der Waals surface area contributed by atoms with Crippen molar-refractivity contribution in [3.05, 3.63) is 0 Å². The molecule has 20 heavy (non-hydrogen) atoms. The number of hydrogen-bond acceptors (Lipinski definition) is 3. The molecule has 0 atom stereocenters. The van der Waals surface area contributed by atoms with Crippen LogP contribution < -0.4 is 5.32 Å². The molecule has 1 rings (SSSR count). The van der Waals surface area contributed by atoms with E-state index in [1.165, 1.54) is 0 Å². The molecule has 1 N–H and O–H groups in total. The number of hydrogen-bond donors (Lipinski definition) is 1. The molecule has 1 heterocycles. The lowest BCUT2D eigenvalue weighted by molar-refractivity contribution is 0.295. The van der Waals surface area contributed by atoms with Gasteiger partial charge in [0.15, 0.2) is 0 Å². The Kier molecular flexibility index (Phi) is 7.43. The van der Waals surface area contributed by atoms with Gasteiger partial charge in [-0.1, -0.05) is 27.7 Å². The second kappa shape index (κ2) is 8.32. The van der Waals surface area contributed by atoms with Gasteiger partial charge in [-0.15, -0.1) is 0 Å². The second-order valence-corrected chi connectivity index (χ2v) is 8.35. The Bertz CT molecular complexity index is 351. The SMILES string of the molecule is CC(C)CCN(CCC(C)C)S(=O)(=O)N1CCNCC1. The van der Waals surface area contributed by atoms with Crippen LogP contribution in [0.15, 0.2) is 0 Å². The summed E-state index contributed by atoms with van der Waals surface area (Å²) < 4.78 is 28.8. The first-order chi connectivity index (χ1) is 9.34. The minimum absolute atomic E-state index is 0.523. The number of piperazine rings is 1. The third kappa shape index (κ3) is 5.68. The predicted octanol–water partition coefficient (Wildman–Crippen LogP) is 1.53. The Morgan fingerprint density at radius 2 is 1.45 bits per heavy atom. The highest BCUT2D eigenvalue weighted by Crippen LogP contribution is 2.14. The van der Waals surface area contributed by atoms with Crippen LogP contribution in [0.1, 0.15) is 40.5 Å². The molecule has 0 amide bonds. The molecule has 0 aromatic carbocycles. The van der Waals surface area contributed by atoms with E-state index in [0.29, 0.717) is 38.0 Å². The highest BCUT2D eigenvalue weighted by atomic mass is 32.2. The van der Waals surface area contributed by atoms with E-state index in [0.717, 1.165) is 25.9 Å². The van der Waals surface area contributed by atoms with E-state index in [1.807, 2.05) is 0 Å². The molecular weight excluding hydrogens is 274 g/mol. The van der Waals surface area contributed by atoms with Crippen LogP contribution in [0.4, 0.5) is 0 Å². The van der Waals surface area contributed by atoms with Gasteiger partial charge in [-0.2, -0.15) is 17.0 Å². The Hall–Kier alpha value is -0.170. The lowest BCUT2D eigenvalue weighted by Gasteiger charge is -2.33. The smallest absolute Gasteiger partial charge is 0.282 e. The van der Waals surface area contributed by atoms with E-state index in [-0.39, 0.29) is 0 Å². The molecule has 0 aliphatic carbocycles. The van der Waals surface area contributed by atoms with E-state index >= 15 is 0 Å². The van der Waals surface area contributed by atoms with Crippen LogP contribution in [-0.4, -0.2) is 56.3 Å². The molecule has 0 bridgehead atoms. The molecule has 120 valence electrons. The maximum atomic E-state index is 12.7. The Labute approximate surface area is 124 Å². The zero-order valence-electron chi connectivity index (χ0n) is 13.4. The normalized spacial score (nSPS) is 18.4. The van der Waals surface area contributed by atoms with Crippen molar-refractivity contribution in [3.63, 3.8) is 0 Å². The van der Waals surface area contributed by atoms with Crippen molar-refractivity contribution in [2.24, 2.45) is 11.8 Å². The molecule has 1 saturated heterocycles. The van der Waals surface area contributed by atoms with Gasteiger partial charge >= 0.3 is 0 Å². The van der Waals surface area contributed by atoms with Crippen molar-refractivity contribution in [2.45, 2.75) is 40.5 Å². The Morgan fingerprint density at radius 3 is 1.85 bits per heavy atom. The highest BCUT2D eigenvalue weighted by Gasteiger charge is 2.30. The fraction of sp³-hybridized carbons (Fsp3) is 1.00.